The largest absolute Gasteiger partial charge is 0.494 e. The minimum atomic E-state index is -0.229. The minimum Gasteiger partial charge on any atom is -0.494 e. The summed E-state index contributed by atoms with van der Waals surface area (Å²) in [5, 5.41) is 3.81. The Morgan fingerprint density at radius 3 is 2.19 bits per heavy atom. The second-order valence-electron chi connectivity index (χ2n) is 5.89. The fraction of sp³-hybridized carbons (Fsp3) is 0.350. The van der Waals surface area contributed by atoms with Gasteiger partial charge in [0.25, 0.3) is 0 Å². The van der Waals surface area contributed by atoms with E-state index in [1.54, 1.807) is 30.3 Å². The van der Waals surface area contributed by atoms with Crippen LogP contribution in [0.25, 0.3) is 0 Å². The van der Waals surface area contributed by atoms with Crippen LogP contribution in [-0.2, 0) is 4.79 Å². The molecule has 1 N–H and O–H groups in total. The summed E-state index contributed by atoms with van der Waals surface area (Å²) in [5.41, 5.74) is 0.703. The van der Waals surface area contributed by atoms with Crippen molar-refractivity contribution in [3.63, 3.8) is 0 Å². The van der Waals surface area contributed by atoms with Crippen molar-refractivity contribution in [2.45, 2.75) is 25.7 Å². The van der Waals surface area contributed by atoms with Crippen LogP contribution in [-0.4, -0.2) is 25.0 Å². The second kappa shape index (κ2) is 12.0. The van der Waals surface area contributed by atoms with Crippen LogP contribution >= 0.6 is 34.8 Å². The Morgan fingerprint density at radius 1 is 0.889 bits per heavy atom. The molecule has 7 heteroatoms. The predicted molar refractivity (Wildman–Crippen MR) is 112 cm³/mol. The third kappa shape index (κ3) is 8.29. The number of hydrogen-bond acceptors (Lipinski definition) is 3. The number of halogens is 3. The van der Waals surface area contributed by atoms with Gasteiger partial charge in [0.15, 0.2) is 0 Å². The molecule has 1 amide bonds. The number of carbonyl (C=O) groups excluding carboxylic acids is 1. The third-order valence-electron chi connectivity index (χ3n) is 3.72. The molecule has 27 heavy (non-hydrogen) atoms. The third-order valence-corrected chi connectivity index (χ3v) is 4.49. The first-order valence-corrected chi connectivity index (χ1v) is 10.0. The highest BCUT2D eigenvalue weighted by Crippen LogP contribution is 2.27. The van der Waals surface area contributed by atoms with Crippen molar-refractivity contribution in [2.75, 3.05) is 24.4 Å². The molecular weight excluding hydrogens is 409 g/mol. The van der Waals surface area contributed by atoms with Gasteiger partial charge in [0, 0.05) is 10.7 Å². The molecule has 2 aromatic rings. The predicted octanol–water partition coefficient (Wildman–Crippen LogP) is 6.19. The van der Waals surface area contributed by atoms with Gasteiger partial charge >= 0.3 is 0 Å². The van der Waals surface area contributed by atoms with Gasteiger partial charge in [-0.3, -0.25) is 4.79 Å². The van der Waals surface area contributed by atoms with E-state index in [-0.39, 0.29) is 11.8 Å². The van der Waals surface area contributed by atoms with E-state index in [4.69, 9.17) is 44.3 Å². The molecule has 0 aliphatic heterocycles. The molecule has 0 saturated heterocycles. The molecule has 2 rings (SSSR count). The van der Waals surface area contributed by atoms with Crippen LogP contribution < -0.4 is 14.8 Å². The lowest BCUT2D eigenvalue weighted by atomic mass is 10.2. The standard InChI is InChI=1S/C20H22Cl3NO3/c21-14-20(25)24-16-6-8-17(9-7-16)26-11-3-1-2-4-12-27-19-10-5-15(22)13-18(19)23/h5-10,13H,1-4,11-12,14H2,(H,24,25). The molecule has 0 aliphatic rings. The molecule has 0 saturated carbocycles. The molecule has 0 bridgehead atoms. The van der Waals surface area contributed by atoms with Gasteiger partial charge in [-0.15, -0.1) is 11.6 Å². The molecule has 0 heterocycles. The number of amides is 1. The normalized spacial score (nSPS) is 10.5. The Hall–Kier alpha value is -1.62. The first-order chi connectivity index (χ1) is 13.1. The van der Waals surface area contributed by atoms with Gasteiger partial charge in [0.05, 0.1) is 18.2 Å². The number of ether oxygens (including phenoxy) is 2. The van der Waals surface area contributed by atoms with Crippen molar-refractivity contribution in [3.05, 3.63) is 52.5 Å². The lowest BCUT2D eigenvalue weighted by Gasteiger charge is -2.09. The quantitative estimate of drug-likeness (QED) is 0.341. The summed E-state index contributed by atoms with van der Waals surface area (Å²) in [6.07, 6.45) is 4.03. The molecule has 0 atom stereocenters. The summed E-state index contributed by atoms with van der Waals surface area (Å²) in [5.74, 6) is 1.15. The van der Waals surface area contributed by atoms with Gasteiger partial charge in [-0.1, -0.05) is 23.2 Å². The number of unbranched alkanes of at least 4 members (excludes halogenated alkanes) is 3. The summed E-state index contributed by atoms with van der Waals surface area (Å²) >= 11 is 17.4. The van der Waals surface area contributed by atoms with Crippen molar-refractivity contribution in [1.29, 1.82) is 0 Å². The molecule has 0 aliphatic carbocycles. The van der Waals surface area contributed by atoms with E-state index in [1.165, 1.54) is 0 Å². The monoisotopic (exact) mass is 429 g/mol. The highest BCUT2D eigenvalue weighted by atomic mass is 35.5. The maximum atomic E-state index is 11.2. The van der Waals surface area contributed by atoms with Gasteiger partial charge < -0.3 is 14.8 Å². The smallest absolute Gasteiger partial charge is 0.239 e. The molecule has 0 radical (unpaired) electrons. The number of alkyl halides is 1. The topological polar surface area (TPSA) is 47.6 Å². The molecular formula is C20H22Cl3NO3. The molecule has 0 spiro atoms. The van der Waals surface area contributed by atoms with E-state index < -0.39 is 0 Å². The van der Waals surface area contributed by atoms with Crippen LogP contribution in [0, 0.1) is 0 Å². The molecule has 2 aromatic carbocycles. The number of rotatable bonds is 11. The first-order valence-electron chi connectivity index (χ1n) is 8.75. The van der Waals surface area contributed by atoms with E-state index in [0.717, 1.165) is 31.4 Å². The number of nitrogens with one attached hydrogen (secondary N) is 1. The maximum Gasteiger partial charge on any atom is 0.239 e. The van der Waals surface area contributed by atoms with E-state index in [2.05, 4.69) is 5.32 Å². The Morgan fingerprint density at radius 2 is 1.56 bits per heavy atom. The van der Waals surface area contributed by atoms with Crippen molar-refractivity contribution < 1.29 is 14.3 Å². The maximum absolute atomic E-state index is 11.2. The second-order valence-corrected chi connectivity index (χ2v) is 7.00. The fourth-order valence-electron chi connectivity index (χ4n) is 2.35. The zero-order valence-corrected chi connectivity index (χ0v) is 17.1. The summed E-state index contributed by atoms with van der Waals surface area (Å²) in [7, 11) is 0. The van der Waals surface area contributed by atoms with Crippen LogP contribution in [0.3, 0.4) is 0 Å². The number of carbonyl (C=O) groups is 1. The minimum absolute atomic E-state index is 0.0595. The van der Waals surface area contributed by atoms with Crippen molar-refractivity contribution in [3.8, 4) is 11.5 Å². The zero-order chi connectivity index (χ0) is 19.5. The summed E-state index contributed by atoms with van der Waals surface area (Å²) in [4.78, 5) is 11.2. The average Bonchev–Trinajstić information content (AvgIpc) is 2.66. The van der Waals surface area contributed by atoms with Crippen LogP contribution in [0.5, 0.6) is 11.5 Å². The Kier molecular flexibility index (Phi) is 9.60. The zero-order valence-electron chi connectivity index (χ0n) is 14.8. The van der Waals surface area contributed by atoms with Crippen molar-refractivity contribution >= 4 is 46.4 Å². The summed E-state index contributed by atoms with van der Waals surface area (Å²) in [6, 6.07) is 12.5. The lowest BCUT2D eigenvalue weighted by molar-refractivity contribution is -0.113. The first kappa shape index (κ1) is 21.7. The van der Waals surface area contributed by atoms with Crippen molar-refractivity contribution in [2.24, 2.45) is 0 Å². The van der Waals surface area contributed by atoms with Gasteiger partial charge in [0.1, 0.15) is 17.4 Å². The van der Waals surface area contributed by atoms with E-state index >= 15 is 0 Å². The molecule has 0 aromatic heterocycles. The Bertz CT molecular complexity index is 723. The fourth-order valence-corrected chi connectivity index (χ4v) is 2.88. The lowest BCUT2D eigenvalue weighted by Crippen LogP contribution is -2.12. The van der Waals surface area contributed by atoms with E-state index in [0.29, 0.717) is 34.7 Å². The Balaban J connectivity index is 1.53. The number of anilines is 1. The number of benzene rings is 2. The molecule has 0 fully saturated rings. The van der Waals surface area contributed by atoms with Gasteiger partial charge in [0.2, 0.25) is 5.91 Å². The van der Waals surface area contributed by atoms with Gasteiger partial charge in [-0.05, 0) is 68.1 Å². The Labute approximate surface area is 174 Å². The van der Waals surface area contributed by atoms with Gasteiger partial charge in [-0.2, -0.15) is 0 Å². The SMILES string of the molecule is O=C(CCl)Nc1ccc(OCCCCCCOc2ccc(Cl)cc2Cl)cc1. The van der Waals surface area contributed by atoms with Crippen LogP contribution in [0.2, 0.25) is 10.0 Å². The highest BCUT2D eigenvalue weighted by Gasteiger charge is 2.02. The summed E-state index contributed by atoms with van der Waals surface area (Å²) in [6.45, 7) is 1.27. The average molecular weight is 431 g/mol. The summed E-state index contributed by atoms with van der Waals surface area (Å²) < 4.78 is 11.3. The van der Waals surface area contributed by atoms with E-state index in [1.807, 2.05) is 12.1 Å². The van der Waals surface area contributed by atoms with E-state index in [9.17, 15) is 4.79 Å². The number of hydrogen-bond donors (Lipinski definition) is 1. The molecule has 4 nitrogen and oxygen atoms in total. The van der Waals surface area contributed by atoms with Crippen molar-refractivity contribution in [1.82, 2.24) is 0 Å². The van der Waals surface area contributed by atoms with Crippen LogP contribution in [0.15, 0.2) is 42.5 Å². The van der Waals surface area contributed by atoms with Crippen LogP contribution in [0.1, 0.15) is 25.7 Å². The molecule has 0 unspecified atom stereocenters. The molecule has 146 valence electrons. The van der Waals surface area contributed by atoms with Gasteiger partial charge in [-0.25, -0.2) is 0 Å². The highest BCUT2D eigenvalue weighted by molar-refractivity contribution is 6.35. The van der Waals surface area contributed by atoms with Crippen LogP contribution in [0.4, 0.5) is 5.69 Å².